The lowest BCUT2D eigenvalue weighted by Crippen LogP contribution is -2.14. The van der Waals surface area contributed by atoms with Gasteiger partial charge in [0, 0.05) is 10.9 Å². The number of carbonyl (C=O) groups is 1. The largest absolute Gasteiger partial charge is 0.341 e. The average molecular weight is 189 g/mol. The summed E-state index contributed by atoms with van der Waals surface area (Å²) in [5.41, 5.74) is 0.939. The Morgan fingerprint density at radius 2 is 2.14 bits per heavy atom. The SMILES string of the molecule is [O]CC(=O)Nc1cc2ccccc2[nH]1. The predicted octanol–water partition coefficient (Wildman–Crippen LogP) is 1.54. The van der Waals surface area contributed by atoms with Crippen LogP contribution < -0.4 is 5.32 Å². The topological polar surface area (TPSA) is 64.8 Å². The van der Waals surface area contributed by atoms with Gasteiger partial charge < -0.3 is 10.3 Å². The summed E-state index contributed by atoms with van der Waals surface area (Å²) in [6.45, 7) is -0.755. The van der Waals surface area contributed by atoms with Crippen LogP contribution in [0, 0.1) is 0 Å². The minimum absolute atomic E-state index is 0.531. The standard InChI is InChI=1S/C10H9N2O2/c13-6-10(14)12-9-5-7-3-1-2-4-8(7)11-9/h1-5,11H,6H2,(H,12,14). The van der Waals surface area contributed by atoms with Gasteiger partial charge in [-0.15, -0.1) is 0 Å². The first-order valence-electron chi connectivity index (χ1n) is 4.25. The quantitative estimate of drug-likeness (QED) is 0.739. The van der Waals surface area contributed by atoms with Crippen LogP contribution in [0.2, 0.25) is 0 Å². The summed E-state index contributed by atoms with van der Waals surface area (Å²) in [7, 11) is 0. The number of para-hydroxylation sites is 1. The fourth-order valence-electron chi connectivity index (χ4n) is 1.33. The third-order valence-corrected chi connectivity index (χ3v) is 1.94. The number of aromatic nitrogens is 1. The lowest BCUT2D eigenvalue weighted by atomic mass is 10.2. The number of hydrogen-bond donors (Lipinski definition) is 2. The molecular formula is C10H9N2O2. The van der Waals surface area contributed by atoms with Crippen LogP contribution in [-0.2, 0) is 9.90 Å². The van der Waals surface area contributed by atoms with E-state index < -0.39 is 12.5 Å². The van der Waals surface area contributed by atoms with E-state index in [1.54, 1.807) is 6.07 Å². The zero-order valence-corrected chi connectivity index (χ0v) is 7.41. The first-order valence-corrected chi connectivity index (χ1v) is 4.25. The molecule has 4 nitrogen and oxygen atoms in total. The highest BCUT2D eigenvalue weighted by atomic mass is 16.3. The highest BCUT2D eigenvalue weighted by molar-refractivity contribution is 5.94. The van der Waals surface area contributed by atoms with E-state index in [1.165, 1.54) is 0 Å². The van der Waals surface area contributed by atoms with Gasteiger partial charge >= 0.3 is 0 Å². The van der Waals surface area contributed by atoms with E-state index >= 15 is 0 Å². The van der Waals surface area contributed by atoms with Crippen molar-refractivity contribution < 1.29 is 9.90 Å². The summed E-state index contributed by atoms with van der Waals surface area (Å²) < 4.78 is 0. The van der Waals surface area contributed by atoms with Crippen LogP contribution in [-0.4, -0.2) is 17.5 Å². The molecule has 2 N–H and O–H groups in total. The van der Waals surface area contributed by atoms with Gasteiger partial charge in [0.1, 0.15) is 5.82 Å². The number of amides is 1. The average Bonchev–Trinajstić information content (AvgIpc) is 2.59. The van der Waals surface area contributed by atoms with Crippen LogP contribution in [0.5, 0.6) is 0 Å². The van der Waals surface area contributed by atoms with Gasteiger partial charge in [-0.05, 0) is 12.1 Å². The number of rotatable bonds is 2. The molecule has 2 aromatic rings. The Morgan fingerprint density at radius 3 is 2.86 bits per heavy atom. The van der Waals surface area contributed by atoms with Gasteiger partial charge in [-0.1, -0.05) is 18.2 Å². The van der Waals surface area contributed by atoms with Gasteiger partial charge in [-0.25, -0.2) is 5.11 Å². The molecule has 0 aliphatic carbocycles. The summed E-state index contributed by atoms with van der Waals surface area (Å²) in [5.74, 6) is 0.0311. The number of H-pyrrole nitrogens is 1. The zero-order chi connectivity index (χ0) is 9.97. The number of hydrogen-bond acceptors (Lipinski definition) is 1. The van der Waals surface area contributed by atoms with Crippen LogP contribution in [0.25, 0.3) is 10.9 Å². The number of aromatic amines is 1. The number of nitrogens with one attached hydrogen (secondary N) is 2. The molecule has 4 heteroatoms. The molecule has 2 rings (SSSR count). The van der Waals surface area contributed by atoms with Crippen molar-refractivity contribution in [3.63, 3.8) is 0 Å². The second-order valence-corrected chi connectivity index (χ2v) is 2.96. The minimum Gasteiger partial charge on any atom is -0.341 e. The number of anilines is 1. The number of benzene rings is 1. The van der Waals surface area contributed by atoms with Crippen LogP contribution >= 0.6 is 0 Å². The highest BCUT2D eigenvalue weighted by Crippen LogP contribution is 2.17. The first-order chi connectivity index (χ1) is 6.79. The van der Waals surface area contributed by atoms with Gasteiger partial charge in [0.15, 0.2) is 6.61 Å². The van der Waals surface area contributed by atoms with Crippen molar-refractivity contribution in [1.29, 1.82) is 0 Å². The molecule has 0 saturated heterocycles. The molecule has 0 aliphatic heterocycles. The molecule has 0 atom stereocenters. The fraction of sp³-hybridized carbons (Fsp3) is 0.100. The third kappa shape index (κ3) is 1.60. The van der Waals surface area contributed by atoms with Crippen LogP contribution in [0.1, 0.15) is 0 Å². The Kier molecular flexibility index (Phi) is 2.20. The van der Waals surface area contributed by atoms with Crippen molar-refractivity contribution in [2.75, 3.05) is 11.9 Å². The molecule has 1 amide bonds. The summed E-state index contributed by atoms with van der Waals surface area (Å²) in [4.78, 5) is 13.8. The van der Waals surface area contributed by atoms with Crippen molar-refractivity contribution in [2.45, 2.75) is 0 Å². The van der Waals surface area contributed by atoms with Gasteiger partial charge in [-0.2, -0.15) is 0 Å². The molecular weight excluding hydrogens is 180 g/mol. The Labute approximate surface area is 80.6 Å². The normalized spacial score (nSPS) is 10.4. The molecule has 1 aromatic carbocycles. The molecule has 0 aliphatic rings. The van der Waals surface area contributed by atoms with Gasteiger partial charge in [0.2, 0.25) is 0 Å². The minimum atomic E-state index is -0.755. The summed E-state index contributed by atoms with van der Waals surface area (Å²) in [5, 5.41) is 13.7. The molecule has 0 unspecified atom stereocenters. The van der Waals surface area contributed by atoms with Crippen molar-refractivity contribution in [3.8, 4) is 0 Å². The van der Waals surface area contributed by atoms with Crippen LogP contribution in [0.3, 0.4) is 0 Å². The highest BCUT2D eigenvalue weighted by Gasteiger charge is 2.03. The van der Waals surface area contributed by atoms with Crippen molar-refractivity contribution in [2.24, 2.45) is 0 Å². The maximum Gasteiger partial charge on any atom is 0.254 e. The molecule has 71 valence electrons. The molecule has 1 aromatic heterocycles. The maximum absolute atomic E-state index is 10.8. The van der Waals surface area contributed by atoms with Gasteiger partial charge in [0.25, 0.3) is 5.91 Å². The Morgan fingerprint density at radius 1 is 1.36 bits per heavy atom. The van der Waals surface area contributed by atoms with E-state index in [9.17, 15) is 9.90 Å². The van der Waals surface area contributed by atoms with E-state index in [0.29, 0.717) is 5.82 Å². The first kappa shape index (κ1) is 8.77. The van der Waals surface area contributed by atoms with E-state index in [-0.39, 0.29) is 0 Å². The molecule has 1 heterocycles. The smallest absolute Gasteiger partial charge is 0.254 e. The Hall–Kier alpha value is -1.81. The van der Waals surface area contributed by atoms with Crippen molar-refractivity contribution in [1.82, 2.24) is 4.98 Å². The molecule has 0 bridgehead atoms. The third-order valence-electron chi connectivity index (χ3n) is 1.94. The zero-order valence-electron chi connectivity index (χ0n) is 7.41. The second kappa shape index (κ2) is 3.51. The monoisotopic (exact) mass is 189 g/mol. The van der Waals surface area contributed by atoms with Crippen molar-refractivity contribution >= 4 is 22.6 Å². The Bertz CT molecular complexity index is 429. The van der Waals surface area contributed by atoms with E-state index in [1.807, 2.05) is 24.3 Å². The lowest BCUT2D eigenvalue weighted by Gasteiger charge is -1.96. The summed E-state index contributed by atoms with van der Waals surface area (Å²) >= 11 is 0. The second-order valence-electron chi connectivity index (χ2n) is 2.96. The number of carbonyl (C=O) groups excluding carboxylic acids is 1. The van der Waals surface area contributed by atoms with E-state index in [0.717, 1.165) is 10.9 Å². The maximum atomic E-state index is 10.8. The number of fused-ring (bicyclic) bond motifs is 1. The molecule has 0 fully saturated rings. The van der Waals surface area contributed by atoms with E-state index in [4.69, 9.17) is 0 Å². The molecule has 0 saturated carbocycles. The van der Waals surface area contributed by atoms with Crippen LogP contribution in [0.4, 0.5) is 5.82 Å². The predicted molar refractivity (Wildman–Crippen MR) is 52.5 cm³/mol. The van der Waals surface area contributed by atoms with Crippen LogP contribution in [0.15, 0.2) is 30.3 Å². The van der Waals surface area contributed by atoms with Gasteiger partial charge in [0.05, 0.1) is 0 Å². The van der Waals surface area contributed by atoms with E-state index in [2.05, 4.69) is 10.3 Å². The molecule has 0 spiro atoms. The fourth-order valence-corrected chi connectivity index (χ4v) is 1.33. The summed E-state index contributed by atoms with van der Waals surface area (Å²) in [6, 6.07) is 9.44. The molecule has 1 radical (unpaired) electrons. The molecule has 14 heavy (non-hydrogen) atoms. The lowest BCUT2D eigenvalue weighted by molar-refractivity contribution is -0.120. The van der Waals surface area contributed by atoms with Gasteiger partial charge in [-0.3, -0.25) is 4.79 Å². The summed E-state index contributed by atoms with van der Waals surface area (Å²) in [6.07, 6.45) is 0. The Balaban J connectivity index is 2.31. The van der Waals surface area contributed by atoms with Crippen molar-refractivity contribution in [3.05, 3.63) is 30.3 Å².